The Labute approximate surface area is 127 Å². The number of pyridine rings is 1. The second-order valence-electron chi connectivity index (χ2n) is 5.87. The lowest BCUT2D eigenvalue weighted by atomic mass is 10.1. The van der Waals surface area contributed by atoms with Gasteiger partial charge in [0.2, 0.25) is 0 Å². The standard InChI is InChI=1S/C17H28FN3/c1-3-19-17(16-10-9-14(18)13-20-16)11-12-21(4-2)15-7-5-6-8-15/h9-10,13,15,17,19H,3-8,11-12H2,1-2H3. The minimum Gasteiger partial charge on any atom is -0.309 e. The third kappa shape index (κ3) is 4.75. The van der Waals surface area contributed by atoms with E-state index in [4.69, 9.17) is 0 Å². The van der Waals surface area contributed by atoms with Gasteiger partial charge in [-0.05, 0) is 44.5 Å². The van der Waals surface area contributed by atoms with Crippen LogP contribution in [0.1, 0.15) is 57.7 Å². The fourth-order valence-corrected chi connectivity index (χ4v) is 3.36. The first-order chi connectivity index (χ1) is 10.2. The summed E-state index contributed by atoms with van der Waals surface area (Å²) >= 11 is 0. The van der Waals surface area contributed by atoms with Gasteiger partial charge in [0.15, 0.2) is 0 Å². The highest BCUT2D eigenvalue weighted by Crippen LogP contribution is 2.24. The van der Waals surface area contributed by atoms with Crippen molar-refractivity contribution >= 4 is 0 Å². The highest BCUT2D eigenvalue weighted by atomic mass is 19.1. The van der Waals surface area contributed by atoms with E-state index in [1.165, 1.54) is 37.9 Å². The molecule has 2 rings (SSSR count). The molecule has 0 spiro atoms. The highest BCUT2D eigenvalue weighted by molar-refractivity contribution is 5.10. The van der Waals surface area contributed by atoms with E-state index < -0.39 is 0 Å². The Kier molecular flexibility index (Phi) is 6.58. The summed E-state index contributed by atoms with van der Waals surface area (Å²) in [6.07, 6.45) is 7.77. The maximum absolute atomic E-state index is 13.0. The lowest BCUT2D eigenvalue weighted by Gasteiger charge is -2.29. The number of halogens is 1. The fourth-order valence-electron chi connectivity index (χ4n) is 3.36. The first-order valence-corrected chi connectivity index (χ1v) is 8.33. The molecular weight excluding hydrogens is 265 g/mol. The zero-order chi connectivity index (χ0) is 15.1. The van der Waals surface area contributed by atoms with E-state index in [0.29, 0.717) is 0 Å². The van der Waals surface area contributed by atoms with Gasteiger partial charge in [-0.25, -0.2) is 4.39 Å². The molecule has 1 fully saturated rings. The molecule has 1 aliphatic carbocycles. The van der Waals surface area contributed by atoms with Gasteiger partial charge in [0.1, 0.15) is 5.82 Å². The predicted octanol–water partition coefficient (Wildman–Crippen LogP) is 3.53. The summed E-state index contributed by atoms with van der Waals surface area (Å²) in [5.74, 6) is -0.268. The van der Waals surface area contributed by atoms with Gasteiger partial charge in [0.05, 0.1) is 17.9 Å². The summed E-state index contributed by atoms with van der Waals surface area (Å²) in [5.41, 5.74) is 0.945. The minimum atomic E-state index is -0.268. The fraction of sp³-hybridized carbons (Fsp3) is 0.706. The van der Waals surface area contributed by atoms with Crippen LogP contribution < -0.4 is 5.32 Å². The summed E-state index contributed by atoms with van der Waals surface area (Å²) in [6.45, 7) is 7.44. The Bertz CT molecular complexity index is 401. The molecule has 0 aliphatic heterocycles. The molecule has 3 nitrogen and oxygen atoms in total. The Balaban J connectivity index is 1.93. The summed E-state index contributed by atoms with van der Waals surface area (Å²) in [4.78, 5) is 6.84. The van der Waals surface area contributed by atoms with Crippen molar-refractivity contribution in [3.8, 4) is 0 Å². The zero-order valence-electron chi connectivity index (χ0n) is 13.3. The van der Waals surface area contributed by atoms with Crippen LogP contribution in [0.25, 0.3) is 0 Å². The maximum Gasteiger partial charge on any atom is 0.141 e. The molecular formula is C17H28FN3. The molecule has 1 aromatic rings. The number of hydrogen-bond acceptors (Lipinski definition) is 3. The SMILES string of the molecule is CCNC(CCN(CC)C1CCCC1)c1ccc(F)cn1. The molecule has 0 aromatic carbocycles. The molecule has 1 aliphatic rings. The molecule has 1 atom stereocenters. The van der Waals surface area contributed by atoms with Crippen molar-refractivity contribution in [1.29, 1.82) is 0 Å². The van der Waals surface area contributed by atoms with Gasteiger partial charge < -0.3 is 10.2 Å². The third-order valence-corrected chi connectivity index (χ3v) is 4.51. The van der Waals surface area contributed by atoms with Crippen LogP contribution >= 0.6 is 0 Å². The second-order valence-corrected chi connectivity index (χ2v) is 5.87. The summed E-state index contributed by atoms with van der Waals surface area (Å²) in [6, 6.07) is 4.28. The van der Waals surface area contributed by atoms with Gasteiger partial charge in [-0.1, -0.05) is 26.7 Å². The molecule has 21 heavy (non-hydrogen) atoms. The Hall–Kier alpha value is -1.00. The van der Waals surface area contributed by atoms with Gasteiger partial charge in [-0.2, -0.15) is 0 Å². The van der Waals surface area contributed by atoms with Crippen LogP contribution in [0.15, 0.2) is 18.3 Å². The van der Waals surface area contributed by atoms with E-state index in [-0.39, 0.29) is 11.9 Å². The van der Waals surface area contributed by atoms with Gasteiger partial charge >= 0.3 is 0 Å². The van der Waals surface area contributed by atoms with Crippen LogP contribution in [0.5, 0.6) is 0 Å². The van der Waals surface area contributed by atoms with Crippen molar-refractivity contribution in [2.24, 2.45) is 0 Å². The maximum atomic E-state index is 13.0. The highest BCUT2D eigenvalue weighted by Gasteiger charge is 2.22. The van der Waals surface area contributed by atoms with Crippen LogP contribution in [-0.4, -0.2) is 35.6 Å². The molecule has 118 valence electrons. The monoisotopic (exact) mass is 293 g/mol. The van der Waals surface area contributed by atoms with Crippen LogP contribution in [0.2, 0.25) is 0 Å². The van der Waals surface area contributed by atoms with Crippen LogP contribution in [-0.2, 0) is 0 Å². The molecule has 1 aromatic heterocycles. The smallest absolute Gasteiger partial charge is 0.141 e. The van der Waals surface area contributed by atoms with E-state index in [1.54, 1.807) is 6.07 Å². The lowest BCUT2D eigenvalue weighted by molar-refractivity contribution is 0.197. The van der Waals surface area contributed by atoms with Crippen molar-refractivity contribution in [3.05, 3.63) is 29.8 Å². The molecule has 1 saturated carbocycles. The van der Waals surface area contributed by atoms with Crippen molar-refractivity contribution in [3.63, 3.8) is 0 Å². The molecule has 1 unspecified atom stereocenters. The molecule has 1 N–H and O–H groups in total. The van der Waals surface area contributed by atoms with E-state index in [1.807, 2.05) is 0 Å². The Morgan fingerprint density at radius 3 is 2.67 bits per heavy atom. The third-order valence-electron chi connectivity index (χ3n) is 4.51. The average molecular weight is 293 g/mol. The number of rotatable bonds is 8. The van der Waals surface area contributed by atoms with Gasteiger partial charge in [-0.3, -0.25) is 4.98 Å². The van der Waals surface area contributed by atoms with Crippen LogP contribution in [0.3, 0.4) is 0 Å². The summed E-state index contributed by atoms with van der Waals surface area (Å²) < 4.78 is 13.0. The predicted molar refractivity (Wildman–Crippen MR) is 84.7 cm³/mol. The van der Waals surface area contributed by atoms with Crippen molar-refractivity contribution in [1.82, 2.24) is 15.2 Å². The number of aromatic nitrogens is 1. The lowest BCUT2D eigenvalue weighted by Crippen LogP contribution is -2.36. The van der Waals surface area contributed by atoms with Crippen LogP contribution in [0.4, 0.5) is 4.39 Å². The summed E-state index contributed by atoms with van der Waals surface area (Å²) in [5, 5.41) is 3.48. The molecule has 4 heteroatoms. The first kappa shape index (κ1) is 16.4. The van der Waals surface area contributed by atoms with Crippen LogP contribution in [0, 0.1) is 5.82 Å². The van der Waals surface area contributed by atoms with E-state index in [9.17, 15) is 4.39 Å². The Morgan fingerprint density at radius 2 is 2.10 bits per heavy atom. The minimum absolute atomic E-state index is 0.214. The Morgan fingerprint density at radius 1 is 1.33 bits per heavy atom. The number of nitrogens with one attached hydrogen (secondary N) is 1. The first-order valence-electron chi connectivity index (χ1n) is 8.33. The van der Waals surface area contributed by atoms with E-state index in [0.717, 1.165) is 37.8 Å². The van der Waals surface area contributed by atoms with Crippen molar-refractivity contribution in [2.45, 2.75) is 58.0 Å². The molecule has 1 heterocycles. The molecule has 0 amide bonds. The van der Waals surface area contributed by atoms with Gasteiger partial charge in [-0.15, -0.1) is 0 Å². The largest absolute Gasteiger partial charge is 0.309 e. The molecule has 0 radical (unpaired) electrons. The molecule has 0 bridgehead atoms. The van der Waals surface area contributed by atoms with E-state index in [2.05, 4.69) is 29.0 Å². The van der Waals surface area contributed by atoms with Gasteiger partial charge in [0, 0.05) is 12.6 Å². The zero-order valence-corrected chi connectivity index (χ0v) is 13.3. The average Bonchev–Trinajstić information content (AvgIpc) is 3.02. The quantitative estimate of drug-likeness (QED) is 0.795. The van der Waals surface area contributed by atoms with E-state index >= 15 is 0 Å². The second kappa shape index (κ2) is 8.44. The summed E-state index contributed by atoms with van der Waals surface area (Å²) in [7, 11) is 0. The molecule has 0 saturated heterocycles. The van der Waals surface area contributed by atoms with Crippen molar-refractivity contribution < 1.29 is 4.39 Å². The number of hydrogen-bond donors (Lipinski definition) is 1. The number of nitrogens with zero attached hydrogens (tertiary/aromatic N) is 2. The van der Waals surface area contributed by atoms with Gasteiger partial charge in [0.25, 0.3) is 0 Å². The normalized spacial score (nSPS) is 17.5. The van der Waals surface area contributed by atoms with Crippen molar-refractivity contribution in [2.75, 3.05) is 19.6 Å². The topological polar surface area (TPSA) is 28.2 Å².